The highest BCUT2D eigenvalue weighted by atomic mass is 32.2. The molecular weight excluding hydrogens is 518 g/mol. The molecule has 0 aromatic heterocycles. The van der Waals surface area contributed by atoms with Crippen LogP contribution in [0.25, 0.3) is 0 Å². The molecule has 4 atom stereocenters. The highest BCUT2D eigenvalue weighted by Gasteiger charge is 2.39. The lowest BCUT2D eigenvalue weighted by Crippen LogP contribution is -2.57. The number of nitrogens with one attached hydrogen (secondary N) is 2. The van der Waals surface area contributed by atoms with E-state index in [0.29, 0.717) is 50.7 Å². The summed E-state index contributed by atoms with van der Waals surface area (Å²) in [7, 11) is -3.54. The van der Waals surface area contributed by atoms with Gasteiger partial charge in [-0.25, -0.2) is 13.2 Å². The van der Waals surface area contributed by atoms with E-state index in [-0.39, 0.29) is 18.5 Å². The maximum atomic E-state index is 13.3. The molecule has 1 aromatic rings. The number of amides is 2. The van der Waals surface area contributed by atoms with Crippen molar-refractivity contribution >= 4 is 22.0 Å². The number of alkyl carbamates (subject to hydrolysis) is 1. The number of ether oxygens (including phenoxy) is 1. The van der Waals surface area contributed by atoms with Gasteiger partial charge in [0.25, 0.3) is 0 Å². The summed E-state index contributed by atoms with van der Waals surface area (Å²) in [5.74, 6) is 0.0393. The predicted molar refractivity (Wildman–Crippen MR) is 152 cm³/mol. The van der Waals surface area contributed by atoms with Crippen LogP contribution in [0.1, 0.15) is 70.8 Å². The van der Waals surface area contributed by atoms with Crippen molar-refractivity contribution in [3.05, 3.63) is 35.9 Å². The van der Waals surface area contributed by atoms with E-state index in [1.54, 1.807) is 0 Å². The molecule has 0 heterocycles. The topological polar surface area (TPSA) is 125 Å². The molecule has 220 valence electrons. The Labute approximate surface area is 234 Å². The van der Waals surface area contributed by atoms with Gasteiger partial charge in [0.1, 0.15) is 0 Å². The van der Waals surface area contributed by atoms with Gasteiger partial charge in [-0.1, -0.05) is 63.4 Å². The van der Waals surface area contributed by atoms with E-state index in [1.165, 1.54) is 23.6 Å². The Morgan fingerprint density at radius 1 is 1.08 bits per heavy atom. The van der Waals surface area contributed by atoms with E-state index in [0.717, 1.165) is 24.7 Å². The fourth-order valence-electron chi connectivity index (χ4n) is 5.30. The average Bonchev–Trinajstić information content (AvgIpc) is 2.87. The molecule has 0 bridgehead atoms. The van der Waals surface area contributed by atoms with Gasteiger partial charge in [0.2, 0.25) is 15.9 Å². The molecule has 3 N–H and O–H groups in total. The molecule has 4 unspecified atom stereocenters. The molecule has 0 radical (unpaired) electrons. The number of carbonyl (C=O) groups excluding carboxylic acids is 2. The molecule has 2 fully saturated rings. The number of aliphatic hydroxyl groups is 1. The molecule has 2 saturated carbocycles. The number of aliphatic hydroxyl groups excluding tert-OH is 1. The van der Waals surface area contributed by atoms with Crippen LogP contribution in [0, 0.1) is 17.8 Å². The zero-order chi connectivity index (χ0) is 28.4. The average molecular weight is 566 g/mol. The van der Waals surface area contributed by atoms with E-state index < -0.39 is 34.2 Å². The number of rotatable bonds is 14. The zero-order valence-corrected chi connectivity index (χ0v) is 24.5. The molecular formula is C29H47N3O6S. The first-order valence-corrected chi connectivity index (χ1v) is 16.3. The standard InChI is InChI=1S/C29H47N3O6S/c1-21(2)16-17-32(39(3,36)37)19-27(33)26(18-22-10-6-4-7-11-22)30-28(34)24-14-15-25(24)31-29(35)38-20-23-12-8-5-9-13-23/h4,6-7,10-11,21,23-27,33H,5,8-9,12-20H2,1-3H3,(H,30,34)(H,31,35). The van der Waals surface area contributed by atoms with Gasteiger partial charge in [-0.2, -0.15) is 4.31 Å². The Balaban J connectivity index is 1.60. The van der Waals surface area contributed by atoms with Crippen molar-refractivity contribution in [2.75, 3.05) is 26.0 Å². The molecule has 2 aliphatic carbocycles. The van der Waals surface area contributed by atoms with E-state index >= 15 is 0 Å². The van der Waals surface area contributed by atoms with E-state index in [9.17, 15) is 23.1 Å². The Kier molecular flexibility index (Phi) is 12.1. The third kappa shape index (κ3) is 10.4. The van der Waals surface area contributed by atoms with Crippen LogP contribution in [-0.4, -0.2) is 74.0 Å². The predicted octanol–water partition coefficient (Wildman–Crippen LogP) is 3.47. The summed E-state index contributed by atoms with van der Waals surface area (Å²) < 4.78 is 31.6. The third-order valence-electron chi connectivity index (χ3n) is 8.00. The number of hydrogen-bond donors (Lipinski definition) is 3. The SMILES string of the molecule is CC(C)CCN(CC(O)C(Cc1ccccc1)NC(=O)C1CCC1NC(=O)OCC1CCCCC1)S(C)(=O)=O. The maximum Gasteiger partial charge on any atom is 0.407 e. The highest BCUT2D eigenvalue weighted by Crippen LogP contribution is 2.29. The van der Waals surface area contributed by atoms with Crippen molar-refractivity contribution in [3.63, 3.8) is 0 Å². The van der Waals surface area contributed by atoms with Gasteiger partial charge in [0, 0.05) is 19.1 Å². The van der Waals surface area contributed by atoms with Gasteiger partial charge < -0.3 is 20.5 Å². The molecule has 3 rings (SSSR count). The molecule has 0 saturated heterocycles. The molecule has 2 amide bonds. The lowest BCUT2D eigenvalue weighted by Gasteiger charge is -2.37. The smallest absolute Gasteiger partial charge is 0.407 e. The van der Waals surface area contributed by atoms with Crippen LogP contribution < -0.4 is 10.6 Å². The molecule has 0 aliphatic heterocycles. The summed E-state index contributed by atoms with van der Waals surface area (Å²) in [5.41, 5.74) is 0.921. The van der Waals surface area contributed by atoms with Crippen molar-refractivity contribution in [3.8, 4) is 0 Å². The number of nitrogens with zero attached hydrogens (tertiary/aromatic N) is 1. The normalized spacial score (nSPS) is 21.7. The van der Waals surface area contributed by atoms with Gasteiger partial charge in [0.15, 0.2) is 0 Å². The fourth-order valence-corrected chi connectivity index (χ4v) is 6.16. The van der Waals surface area contributed by atoms with Crippen LogP contribution in [0.2, 0.25) is 0 Å². The molecule has 9 nitrogen and oxygen atoms in total. The first-order valence-electron chi connectivity index (χ1n) is 14.4. The minimum Gasteiger partial charge on any atom is -0.449 e. The van der Waals surface area contributed by atoms with Crippen molar-refractivity contribution < 1.29 is 27.9 Å². The number of hydrogen-bond acceptors (Lipinski definition) is 6. The van der Waals surface area contributed by atoms with Crippen LogP contribution in [0.15, 0.2) is 30.3 Å². The minimum absolute atomic E-state index is 0.108. The molecule has 10 heteroatoms. The van der Waals surface area contributed by atoms with Gasteiger partial charge in [-0.3, -0.25) is 4.79 Å². The van der Waals surface area contributed by atoms with Crippen LogP contribution >= 0.6 is 0 Å². The van der Waals surface area contributed by atoms with E-state index in [2.05, 4.69) is 10.6 Å². The summed E-state index contributed by atoms with van der Waals surface area (Å²) in [6, 6.07) is 8.47. The van der Waals surface area contributed by atoms with E-state index in [1.807, 2.05) is 44.2 Å². The third-order valence-corrected chi connectivity index (χ3v) is 9.27. The summed E-state index contributed by atoms with van der Waals surface area (Å²) in [6.45, 7) is 4.64. The second-order valence-corrected chi connectivity index (χ2v) is 13.7. The Morgan fingerprint density at radius 2 is 1.77 bits per heavy atom. The minimum atomic E-state index is -3.54. The van der Waals surface area contributed by atoms with Crippen molar-refractivity contribution in [1.82, 2.24) is 14.9 Å². The molecule has 39 heavy (non-hydrogen) atoms. The number of benzene rings is 1. The summed E-state index contributed by atoms with van der Waals surface area (Å²) >= 11 is 0. The van der Waals surface area contributed by atoms with Crippen molar-refractivity contribution in [1.29, 1.82) is 0 Å². The van der Waals surface area contributed by atoms with Crippen LogP contribution in [0.4, 0.5) is 4.79 Å². The fraction of sp³-hybridized carbons (Fsp3) is 0.724. The largest absolute Gasteiger partial charge is 0.449 e. The molecule has 2 aliphatic rings. The van der Waals surface area contributed by atoms with Crippen LogP contribution in [-0.2, 0) is 26.0 Å². The van der Waals surface area contributed by atoms with Crippen LogP contribution in [0.5, 0.6) is 0 Å². The summed E-state index contributed by atoms with van der Waals surface area (Å²) in [4.78, 5) is 25.7. The second-order valence-electron chi connectivity index (χ2n) is 11.7. The lowest BCUT2D eigenvalue weighted by molar-refractivity contribution is -0.130. The Morgan fingerprint density at radius 3 is 2.36 bits per heavy atom. The van der Waals surface area contributed by atoms with Gasteiger partial charge in [0.05, 0.1) is 30.9 Å². The van der Waals surface area contributed by atoms with E-state index in [4.69, 9.17) is 4.74 Å². The van der Waals surface area contributed by atoms with Crippen molar-refractivity contribution in [2.24, 2.45) is 17.8 Å². The zero-order valence-electron chi connectivity index (χ0n) is 23.7. The quantitative estimate of drug-likeness (QED) is 0.317. The lowest BCUT2D eigenvalue weighted by atomic mass is 9.78. The first kappa shape index (κ1) is 31.4. The van der Waals surface area contributed by atoms with Gasteiger partial charge in [-0.15, -0.1) is 0 Å². The van der Waals surface area contributed by atoms with Crippen molar-refractivity contribution in [2.45, 2.75) is 89.8 Å². The Bertz CT molecular complexity index is 1010. The Hall–Kier alpha value is -2.17. The van der Waals surface area contributed by atoms with Crippen LogP contribution in [0.3, 0.4) is 0 Å². The highest BCUT2D eigenvalue weighted by molar-refractivity contribution is 7.88. The summed E-state index contributed by atoms with van der Waals surface area (Å²) in [5, 5.41) is 17.0. The number of sulfonamides is 1. The summed E-state index contributed by atoms with van der Waals surface area (Å²) in [6.07, 6.45) is 7.63. The second kappa shape index (κ2) is 15.0. The van der Waals surface area contributed by atoms with Gasteiger partial charge in [-0.05, 0) is 55.9 Å². The molecule has 1 aromatic carbocycles. The first-order chi connectivity index (χ1) is 18.5. The number of carbonyl (C=O) groups is 2. The molecule has 0 spiro atoms. The monoisotopic (exact) mass is 565 g/mol. The maximum absolute atomic E-state index is 13.3. The van der Waals surface area contributed by atoms with Gasteiger partial charge >= 0.3 is 6.09 Å².